The summed E-state index contributed by atoms with van der Waals surface area (Å²) in [7, 11) is 1.88. The molecular weight excluding hydrogens is 503 g/mol. The van der Waals surface area contributed by atoms with Crippen molar-refractivity contribution in [2.75, 3.05) is 11.9 Å². The first kappa shape index (κ1) is 22.6. The van der Waals surface area contributed by atoms with Crippen LogP contribution in [0.3, 0.4) is 0 Å². The topological polar surface area (TPSA) is 81.1 Å². The number of aryl methyl sites for hydroxylation is 1. The molecule has 0 aliphatic rings. The first-order valence-corrected chi connectivity index (χ1v) is 10.5. The number of hydrogen-bond donors (Lipinski definition) is 2. The molecule has 170 valence electrons. The van der Waals surface area contributed by atoms with Crippen LogP contribution >= 0.6 is 15.9 Å². The number of carbonyl (C=O) groups is 1. The summed E-state index contributed by atoms with van der Waals surface area (Å²) in [4.78, 5) is 20.3. The van der Waals surface area contributed by atoms with Crippen LogP contribution < -0.4 is 15.4 Å². The molecule has 1 amide bonds. The van der Waals surface area contributed by atoms with Gasteiger partial charge >= 0.3 is 6.18 Å². The Balaban J connectivity index is 1.51. The number of rotatable bonds is 6. The Morgan fingerprint density at radius 2 is 1.82 bits per heavy atom. The van der Waals surface area contributed by atoms with Crippen LogP contribution in [0.5, 0.6) is 11.5 Å². The lowest BCUT2D eigenvalue weighted by Crippen LogP contribution is -2.34. The van der Waals surface area contributed by atoms with Gasteiger partial charge in [0.1, 0.15) is 23.7 Å². The molecule has 4 rings (SSSR count). The van der Waals surface area contributed by atoms with Crippen molar-refractivity contribution in [3.63, 3.8) is 0 Å². The molecule has 0 saturated carbocycles. The van der Waals surface area contributed by atoms with Crippen LogP contribution in [0.1, 0.15) is 10.5 Å². The van der Waals surface area contributed by atoms with Gasteiger partial charge in [-0.25, -0.2) is 4.98 Å². The Morgan fingerprint density at radius 3 is 2.55 bits per heavy atom. The molecule has 0 radical (unpaired) electrons. The van der Waals surface area contributed by atoms with Crippen molar-refractivity contribution in [3.8, 4) is 11.5 Å². The molecule has 0 aliphatic carbocycles. The number of fused-ring (bicyclic) bond motifs is 1. The highest BCUT2D eigenvalue weighted by Crippen LogP contribution is 2.28. The minimum Gasteiger partial charge on any atom is -0.457 e. The van der Waals surface area contributed by atoms with E-state index >= 15 is 0 Å². The van der Waals surface area contributed by atoms with Crippen LogP contribution in [0.15, 0.2) is 65.3 Å². The van der Waals surface area contributed by atoms with Gasteiger partial charge in [-0.15, -0.1) is 0 Å². The van der Waals surface area contributed by atoms with Crippen molar-refractivity contribution < 1.29 is 22.7 Å². The Labute approximate surface area is 194 Å². The molecule has 7 nitrogen and oxygen atoms in total. The fourth-order valence-electron chi connectivity index (χ4n) is 3.02. The Morgan fingerprint density at radius 1 is 1.09 bits per heavy atom. The number of ether oxygens (including phenoxy) is 1. The number of pyridine rings is 1. The maximum Gasteiger partial charge on any atom is 0.405 e. The highest BCUT2D eigenvalue weighted by Gasteiger charge is 2.28. The lowest BCUT2D eigenvalue weighted by atomic mass is 10.3. The van der Waals surface area contributed by atoms with E-state index in [1.807, 2.05) is 41.9 Å². The first-order valence-electron chi connectivity index (χ1n) is 9.66. The molecule has 0 atom stereocenters. The summed E-state index contributed by atoms with van der Waals surface area (Å²) in [5.74, 6) is 0.396. The van der Waals surface area contributed by atoms with Crippen LogP contribution in [-0.4, -0.2) is 33.2 Å². The first-order chi connectivity index (χ1) is 15.7. The number of nitrogens with zero attached hydrogens (tertiary/aromatic N) is 3. The summed E-state index contributed by atoms with van der Waals surface area (Å²) < 4.78 is 45.6. The number of aromatic nitrogens is 3. The van der Waals surface area contributed by atoms with Crippen molar-refractivity contribution >= 4 is 44.5 Å². The van der Waals surface area contributed by atoms with Crippen molar-refractivity contribution in [2.24, 2.45) is 7.05 Å². The van der Waals surface area contributed by atoms with E-state index in [0.717, 1.165) is 15.7 Å². The fourth-order valence-corrected chi connectivity index (χ4v) is 3.29. The Kier molecular flexibility index (Phi) is 6.23. The molecule has 0 bridgehead atoms. The number of benzene rings is 2. The predicted octanol–water partition coefficient (Wildman–Crippen LogP) is 5.56. The molecule has 0 fully saturated rings. The summed E-state index contributed by atoms with van der Waals surface area (Å²) in [6, 6.07) is 15.8. The molecular formula is C22H17BrF3N5O2. The van der Waals surface area contributed by atoms with Crippen LogP contribution in [0.25, 0.3) is 11.0 Å². The number of alkyl halides is 3. The van der Waals surface area contributed by atoms with Crippen molar-refractivity contribution in [3.05, 3.63) is 71.0 Å². The van der Waals surface area contributed by atoms with Gasteiger partial charge in [-0.1, -0.05) is 15.9 Å². The second-order valence-corrected chi connectivity index (χ2v) is 7.97. The van der Waals surface area contributed by atoms with E-state index < -0.39 is 18.6 Å². The number of carbonyl (C=O) groups excluding carboxylic acids is 1. The predicted molar refractivity (Wildman–Crippen MR) is 121 cm³/mol. The Bertz CT molecular complexity index is 1310. The third-order valence-electron chi connectivity index (χ3n) is 4.60. The average molecular weight is 520 g/mol. The van der Waals surface area contributed by atoms with E-state index in [4.69, 9.17) is 4.74 Å². The van der Waals surface area contributed by atoms with Gasteiger partial charge < -0.3 is 19.9 Å². The monoisotopic (exact) mass is 519 g/mol. The molecule has 2 heterocycles. The maximum absolute atomic E-state index is 12.3. The van der Waals surface area contributed by atoms with Gasteiger partial charge in [0.25, 0.3) is 5.91 Å². The lowest BCUT2D eigenvalue weighted by Gasteiger charge is -2.09. The standard InChI is InChI=1S/C22H17BrF3N5O2/c1-31-19-7-6-15(10-17(19)30-21(31)29-14-4-2-13(23)3-5-14)33-16-8-9-27-18(11-16)20(32)28-12-22(24,25)26/h2-11H,12H2,1H3,(H,28,32)(H,29,30). The number of imidazole rings is 1. The van der Waals surface area contributed by atoms with Crippen LogP contribution in [0.4, 0.5) is 24.8 Å². The van der Waals surface area contributed by atoms with Gasteiger partial charge in [-0.05, 0) is 42.5 Å². The quantitative estimate of drug-likeness (QED) is 0.348. The van der Waals surface area contributed by atoms with Crippen LogP contribution in [0.2, 0.25) is 0 Å². The normalized spacial score (nSPS) is 11.4. The second kappa shape index (κ2) is 9.10. The van der Waals surface area contributed by atoms with Gasteiger partial charge in [0.05, 0.1) is 11.0 Å². The van der Waals surface area contributed by atoms with Gasteiger partial charge in [-0.3, -0.25) is 9.78 Å². The molecule has 0 aliphatic heterocycles. The van der Waals surface area contributed by atoms with E-state index in [2.05, 4.69) is 31.2 Å². The molecule has 2 N–H and O–H groups in total. The molecule has 0 saturated heterocycles. The molecule has 2 aromatic heterocycles. The van der Waals surface area contributed by atoms with Gasteiger partial charge in [0, 0.05) is 35.5 Å². The average Bonchev–Trinajstić information content (AvgIpc) is 3.08. The van der Waals surface area contributed by atoms with Crippen LogP contribution in [0, 0.1) is 0 Å². The zero-order chi connectivity index (χ0) is 23.6. The van der Waals surface area contributed by atoms with Gasteiger partial charge in [-0.2, -0.15) is 13.2 Å². The van der Waals surface area contributed by atoms with Crippen LogP contribution in [-0.2, 0) is 7.05 Å². The molecule has 2 aromatic carbocycles. The number of halogens is 4. The van der Waals surface area contributed by atoms with E-state index in [1.54, 1.807) is 17.4 Å². The second-order valence-electron chi connectivity index (χ2n) is 7.05. The summed E-state index contributed by atoms with van der Waals surface area (Å²) >= 11 is 3.40. The molecule has 4 aromatic rings. The highest BCUT2D eigenvalue weighted by atomic mass is 79.9. The van der Waals surface area contributed by atoms with E-state index in [9.17, 15) is 18.0 Å². The van der Waals surface area contributed by atoms with E-state index in [0.29, 0.717) is 17.2 Å². The summed E-state index contributed by atoms with van der Waals surface area (Å²) in [6.07, 6.45) is -3.22. The molecule has 33 heavy (non-hydrogen) atoms. The van der Waals surface area contributed by atoms with E-state index in [1.165, 1.54) is 18.3 Å². The molecule has 0 unspecified atom stereocenters. The largest absolute Gasteiger partial charge is 0.457 e. The van der Waals surface area contributed by atoms with E-state index in [-0.39, 0.29) is 11.4 Å². The molecule has 0 spiro atoms. The van der Waals surface area contributed by atoms with Gasteiger partial charge in [0.2, 0.25) is 5.95 Å². The van der Waals surface area contributed by atoms with Crippen molar-refractivity contribution in [1.82, 2.24) is 19.9 Å². The lowest BCUT2D eigenvalue weighted by molar-refractivity contribution is -0.123. The third kappa shape index (κ3) is 5.61. The maximum atomic E-state index is 12.3. The third-order valence-corrected chi connectivity index (χ3v) is 5.13. The highest BCUT2D eigenvalue weighted by molar-refractivity contribution is 9.10. The number of hydrogen-bond acceptors (Lipinski definition) is 5. The molecule has 11 heteroatoms. The van der Waals surface area contributed by atoms with Crippen molar-refractivity contribution in [1.29, 1.82) is 0 Å². The number of anilines is 2. The summed E-state index contributed by atoms with van der Waals surface area (Å²) in [5, 5.41) is 5.04. The Hall–Kier alpha value is -3.60. The minimum atomic E-state index is -4.51. The smallest absolute Gasteiger partial charge is 0.405 e. The fraction of sp³-hybridized carbons (Fsp3) is 0.136. The number of amides is 1. The SMILES string of the molecule is Cn1c(Nc2ccc(Br)cc2)nc2cc(Oc3ccnc(C(=O)NCC(F)(F)F)c3)ccc21. The van der Waals surface area contributed by atoms with Gasteiger partial charge in [0.15, 0.2) is 0 Å². The zero-order valence-corrected chi connectivity index (χ0v) is 18.7. The van der Waals surface area contributed by atoms with Crippen molar-refractivity contribution in [2.45, 2.75) is 6.18 Å². The number of nitrogens with one attached hydrogen (secondary N) is 2. The minimum absolute atomic E-state index is 0.184. The summed E-state index contributed by atoms with van der Waals surface area (Å²) in [5.41, 5.74) is 2.23. The zero-order valence-electron chi connectivity index (χ0n) is 17.2. The summed E-state index contributed by atoms with van der Waals surface area (Å²) in [6.45, 7) is -1.44.